The van der Waals surface area contributed by atoms with Crippen LogP contribution in [-0.2, 0) is 4.79 Å². The van der Waals surface area contributed by atoms with Crippen molar-refractivity contribution in [1.29, 1.82) is 0 Å². The second-order valence-corrected chi connectivity index (χ2v) is 4.83. The first-order valence-corrected chi connectivity index (χ1v) is 6.32. The van der Waals surface area contributed by atoms with Gasteiger partial charge in [-0.25, -0.2) is 4.79 Å². The van der Waals surface area contributed by atoms with Crippen LogP contribution >= 0.6 is 0 Å². The van der Waals surface area contributed by atoms with Crippen molar-refractivity contribution in [2.45, 2.75) is 25.8 Å². The Morgan fingerprint density at radius 2 is 2.19 bits per heavy atom. The molecule has 8 heteroatoms. The van der Waals surface area contributed by atoms with Crippen molar-refractivity contribution in [3.63, 3.8) is 0 Å². The normalized spacial score (nSPS) is 21.9. The lowest BCUT2D eigenvalue weighted by molar-refractivity contribution is -0.384. The van der Waals surface area contributed by atoms with Gasteiger partial charge in [0.25, 0.3) is 11.6 Å². The summed E-state index contributed by atoms with van der Waals surface area (Å²) in [6.07, 6.45) is 1.69. The predicted molar refractivity (Wildman–Crippen MR) is 74.8 cm³/mol. The van der Waals surface area contributed by atoms with Gasteiger partial charge in [0.1, 0.15) is 5.54 Å². The average molecular weight is 290 g/mol. The molecule has 0 radical (unpaired) electrons. The number of nitro benzene ring substituents is 1. The van der Waals surface area contributed by atoms with Gasteiger partial charge >= 0.3 is 6.03 Å². The van der Waals surface area contributed by atoms with Gasteiger partial charge in [-0.3, -0.25) is 14.9 Å². The number of non-ortho nitro benzene ring substituents is 1. The monoisotopic (exact) mass is 290 g/mol. The molecule has 1 unspecified atom stereocenters. The minimum atomic E-state index is -0.961. The van der Waals surface area contributed by atoms with Crippen LogP contribution in [0.3, 0.4) is 0 Å². The van der Waals surface area contributed by atoms with Crippen molar-refractivity contribution in [1.82, 2.24) is 10.3 Å². The summed E-state index contributed by atoms with van der Waals surface area (Å²) < 4.78 is 0. The molecule has 1 aliphatic heterocycles. The van der Waals surface area contributed by atoms with Gasteiger partial charge in [0.15, 0.2) is 0 Å². The Kier molecular flexibility index (Phi) is 3.70. The zero-order valence-corrected chi connectivity index (χ0v) is 11.6. The molecule has 8 nitrogen and oxygen atoms in total. The third-order valence-electron chi connectivity index (χ3n) is 3.35. The molecule has 1 saturated heterocycles. The lowest BCUT2D eigenvalue weighted by Crippen LogP contribution is -2.42. The van der Waals surface area contributed by atoms with Crippen LogP contribution in [-0.4, -0.2) is 33.6 Å². The maximum Gasteiger partial charge on any atom is 0.346 e. The highest BCUT2D eigenvalue weighted by Crippen LogP contribution is 2.21. The number of urea groups is 1. The van der Waals surface area contributed by atoms with E-state index < -0.39 is 22.4 Å². The second kappa shape index (κ2) is 5.31. The molecule has 1 aliphatic rings. The van der Waals surface area contributed by atoms with E-state index in [-0.39, 0.29) is 5.69 Å². The molecule has 1 atom stereocenters. The number of amides is 3. The molecule has 1 fully saturated rings. The molecule has 0 spiro atoms. The number of carbonyl (C=O) groups excluding carboxylic acids is 2. The number of hydrogen-bond acceptors (Lipinski definition) is 5. The van der Waals surface area contributed by atoms with Crippen LogP contribution in [0, 0.1) is 10.1 Å². The van der Waals surface area contributed by atoms with Crippen LogP contribution in [0.25, 0.3) is 0 Å². The third kappa shape index (κ3) is 2.73. The first-order valence-electron chi connectivity index (χ1n) is 6.32. The number of imide groups is 1. The van der Waals surface area contributed by atoms with E-state index in [9.17, 15) is 19.7 Å². The molecule has 2 rings (SSSR count). The number of hydrogen-bond donors (Lipinski definition) is 1. The SMILES string of the molecule is CCC1(C)NC(=O)N(N=Cc2cccc([N+](=O)[O-])c2)C1=O. The summed E-state index contributed by atoms with van der Waals surface area (Å²) in [5.41, 5.74) is -0.624. The van der Waals surface area contributed by atoms with Gasteiger partial charge in [0, 0.05) is 17.7 Å². The molecule has 0 bridgehead atoms. The van der Waals surface area contributed by atoms with E-state index in [4.69, 9.17) is 0 Å². The van der Waals surface area contributed by atoms with Crippen LogP contribution < -0.4 is 5.32 Å². The second-order valence-electron chi connectivity index (χ2n) is 4.83. The van der Waals surface area contributed by atoms with Gasteiger partial charge in [0.2, 0.25) is 0 Å². The first-order chi connectivity index (χ1) is 9.87. The van der Waals surface area contributed by atoms with Crippen molar-refractivity contribution >= 4 is 23.8 Å². The zero-order valence-electron chi connectivity index (χ0n) is 11.6. The Bertz CT molecular complexity index is 643. The van der Waals surface area contributed by atoms with E-state index in [0.717, 1.165) is 5.01 Å². The van der Waals surface area contributed by atoms with E-state index in [0.29, 0.717) is 12.0 Å². The quantitative estimate of drug-likeness (QED) is 0.394. The van der Waals surface area contributed by atoms with Crippen LogP contribution in [0.5, 0.6) is 0 Å². The molecule has 1 aromatic rings. The highest BCUT2D eigenvalue weighted by molar-refractivity contribution is 6.07. The maximum atomic E-state index is 12.1. The van der Waals surface area contributed by atoms with Crippen molar-refractivity contribution in [3.05, 3.63) is 39.9 Å². The standard InChI is InChI=1S/C13H14N4O4/c1-3-13(2)11(18)16(12(19)15-13)14-8-9-5-4-6-10(7-9)17(20)21/h4-8H,3H2,1-2H3,(H,15,19). The summed E-state index contributed by atoms with van der Waals surface area (Å²) in [4.78, 5) is 34.0. The van der Waals surface area contributed by atoms with Crippen molar-refractivity contribution in [2.75, 3.05) is 0 Å². The molecule has 1 heterocycles. The summed E-state index contributed by atoms with van der Waals surface area (Å²) in [5.74, 6) is -0.448. The Morgan fingerprint density at radius 3 is 2.76 bits per heavy atom. The smallest absolute Gasteiger partial charge is 0.322 e. The number of nitrogens with one attached hydrogen (secondary N) is 1. The lowest BCUT2D eigenvalue weighted by Gasteiger charge is -2.17. The number of benzene rings is 1. The van der Waals surface area contributed by atoms with Gasteiger partial charge in [-0.2, -0.15) is 5.10 Å². The number of nitro groups is 1. The summed E-state index contributed by atoms with van der Waals surface area (Å²) in [5, 5.41) is 17.8. The van der Waals surface area contributed by atoms with E-state index in [1.54, 1.807) is 19.9 Å². The van der Waals surface area contributed by atoms with Gasteiger partial charge in [-0.1, -0.05) is 19.1 Å². The molecular formula is C13H14N4O4. The van der Waals surface area contributed by atoms with Crippen molar-refractivity contribution in [3.8, 4) is 0 Å². The number of carbonyl (C=O) groups is 2. The summed E-state index contributed by atoms with van der Waals surface area (Å²) in [6, 6.07) is 5.14. The van der Waals surface area contributed by atoms with E-state index in [1.807, 2.05) is 0 Å². The fourth-order valence-corrected chi connectivity index (χ4v) is 1.86. The Balaban J connectivity index is 2.22. The predicted octanol–water partition coefficient (Wildman–Crippen LogP) is 1.65. The Morgan fingerprint density at radius 1 is 1.48 bits per heavy atom. The molecule has 0 saturated carbocycles. The summed E-state index contributed by atoms with van der Waals surface area (Å²) >= 11 is 0. The highest BCUT2D eigenvalue weighted by atomic mass is 16.6. The summed E-state index contributed by atoms with van der Waals surface area (Å²) in [6.45, 7) is 3.40. The molecule has 3 amide bonds. The van der Waals surface area contributed by atoms with Gasteiger partial charge in [0.05, 0.1) is 11.1 Å². The van der Waals surface area contributed by atoms with Crippen LogP contribution in [0.4, 0.5) is 10.5 Å². The molecular weight excluding hydrogens is 276 g/mol. The minimum Gasteiger partial charge on any atom is -0.322 e. The van der Waals surface area contributed by atoms with Gasteiger partial charge < -0.3 is 5.32 Å². The van der Waals surface area contributed by atoms with Crippen molar-refractivity contribution in [2.24, 2.45) is 5.10 Å². The molecule has 0 aliphatic carbocycles. The highest BCUT2D eigenvalue weighted by Gasteiger charge is 2.46. The van der Waals surface area contributed by atoms with Crippen LogP contribution in [0.1, 0.15) is 25.8 Å². The largest absolute Gasteiger partial charge is 0.346 e. The molecule has 0 aromatic heterocycles. The van der Waals surface area contributed by atoms with Crippen molar-refractivity contribution < 1.29 is 14.5 Å². The molecule has 110 valence electrons. The molecule has 1 N–H and O–H groups in total. The van der Waals surface area contributed by atoms with Crippen LogP contribution in [0.2, 0.25) is 0 Å². The summed E-state index contributed by atoms with van der Waals surface area (Å²) in [7, 11) is 0. The fourth-order valence-electron chi connectivity index (χ4n) is 1.86. The Hall–Kier alpha value is -2.77. The topological polar surface area (TPSA) is 105 Å². The molecule has 21 heavy (non-hydrogen) atoms. The zero-order chi connectivity index (χ0) is 15.6. The Labute approximate surface area is 120 Å². The van der Waals surface area contributed by atoms with Gasteiger partial charge in [-0.15, -0.1) is 5.01 Å². The van der Waals surface area contributed by atoms with Gasteiger partial charge in [-0.05, 0) is 13.3 Å². The number of rotatable bonds is 4. The first kappa shape index (κ1) is 14.6. The van der Waals surface area contributed by atoms with E-state index in [2.05, 4.69) is 10.4 Å². The fraction of sp³-hybridized carbons (Fsp3) is 0.308. The van der Waals surface area contributed by atoms with E-state index >= 15 is 0 Å². The third-order valence-corrected chi connectivity index (χ3v) is 3.35. The number of hydrazone groups is 1. The minimum absolute atomic E-state index is 0.0884. The maximum absolute atomic E-state index is 12.1. The lowest BCUT2D eigenvalue weighted by atomic mass is 10.00. The molecule has 1 aromatic carbocycles. The average Bonchev–Trinajstić information content (AvgIpc) is 2.68. The number of nitrogens with zero attached hydrogens (tertiary/aromatic N) is 3. The van der Waals surface area contributed by atoms with Crippen LogP contribution in [0.15, 0.2) is 29.4 Å². The van der Waals surface area contributed by atoms with E-state index in [1.165, 1.54) is 24.4 Å².